The molecule has 1 atom stereocenters. The molecule has 0 aliphatic carbocycles. The number of hydrogen-bond donors (Lipinski definition) is 2. The molecule has 2 rings (SSSR count). The molecule has 19 heavy (non-hydrogen) atoms. The van der Waals surface area contributed by atoms with Gasteiger partial charge in [0.2, 0.25) is 0 Å². The molecule has 4 nitrogen and oxygen atoms in total. The normalized spacial score (nSPS) is 18.8. The van der Waals surface area contributed by atoms with Crippen molar-refractivity contribution in [3.05, 3.63) is 29.6 Å². The van der Waals surface area contributed by atoms with Crippen LogP contribution in [0.5, 0.6) is 0 Å². The summed E-state index contributed by atoms with van der Waals surface area (Å²) in [6.07, 6.45) is 3.32. The maximum atomic E-state index is 13.2. The van der Waals surface area contributed by atoms with E-state index in [2.05, 4.69) is 0 Å². The van der Waals surface area contributed by atoms with Crippen LogP contribution in [0.4, 0.5) is 10.1 Å². The monoisotopic (exact) mass is 266 g/mol. The third kappa shape index (κ3) is 3.04. The SMILES string of the molecule is Nc1ccc(F)cc1C(=O)N1CCCC1CCCO. The van der Waals surface area contributed by atoms with Crippen molar-refractivity contribution >= 4 is 11.6 Å². The van der Waals surface area contributed by atoms with Gasteiger partial charge in [0.1, 0.15) is 5.82 Å². The Balaban J connectivity index is 2.16. The molecular weight excluding hydrogens is 247 g/mol. The van der Waals surface area contributed by atoms with E-state index < -0.39 is 5.82 Å². The number of hydrogen-bond acceptors (Lipinski definition) is 3. The predicted molar refractivity (Wildman–Crippen MR) is 71.2 cm³/mol. The van der Waals surface area contributed by atoms with Crippen LogP contribution >= 0.6 is 0 Å². The number of nitrogens with zero attached hydrogens (tertiary/aromatic N) is 1. The highest BCUT2D eigenvalue weighted by molar-refractivity contribution is 5.99. The van der Waals surface area contributed by atoms with Crippen LogP contribution in [0.1, 0.15) is 36.0 Å². The summed E-state index contributed by atoms with van der Waals surface area (Å²) in [5, 5.41) is 8.88. The Morgan fingerprint density at radius 2 is 2.32 bits per heavy atom. The molecule has 1 aliphatic rings. The molecule has 1 aromatic carbocycles. The van der Waals surface area contributed by atoms with Crippen molar-refractivity contribution in [1.29, 1.82) is 0 Å². The highest BCUT2D eigenvalue weighted by Crippen LogP contribution is 2.25. The third-order valence-corrected chi connectivity index (χ3v) is 3.58. The molecule has 1 fully saturated rings. The molecule has 0 aromatic heterocycles. The first-order chi connectivity index (χ1) is 9.13. The van der Waals surface area contributed by atoms with Crippen LogP contribution in [0.15, 0.2) is 18.2 Å². The molecule has 0 radical (unpaired) electrons. The van der Waals surface area contributed by atoms with Gasteiger partial charge in [0.15, 0.2) is 0 Å². The van der Waals surface area contributed by atoms with Gasteiger partial charge in [-0.25, -0.2) is 4.39 Å². The summed E-state index contributed by atoms with van der Waals surface area (Å²) in [4.78, 5) is 14.2. The minimum atomic E-state index is -0.455. The number of amides is 1. The van der Waals surface area contributed by atoms with E-state index in [4.69, 9.17) is 10.8 Å². The summed E-state index contributed by atoms with van der Waals surface area (Å²) < 4.78 is 13.2. The highest BCUT2D eigenvalue weighted by atomic mass is 19.1. The van der Waals surface area contributed by atoms with Crippen molar-refractivity contribution in [3.63, 3.8) is 0 Å². The van der Waals surface area contributed by atoms with Crippen LogP contribution in [0.3, 0.4) is 0 Å². The van der Waals surface area contributed by atoms with Gasteiger partial charge in [-0.3, -0.25) is 4.79 Å². The second kappa shape index (κ2) is 6.02. The molecule has 0 saturated carbocycles. The zero-order valence-electron chi connectivity index (χ0n) is 10.8. The van der Waals surface area contributed by atoms with E-state index in [9.17, 15) is 9.18 Å². The van der Waals surface area contributed by atoms with E-state index >= 15 is 0 Å². The number of nitrogen functional groups attached to an aromatic ring is 1. The average Bonchev–Trinajstić information content (AvgIpc) is 2.86. The smallest absolute Gasteiger partial charge is 0.256 e. The van der Waals surface area contributed by atoms with Gasteiger partial charge in [-0.1, -0.05) is 0 Å². The summed E-state index contributed by atoms with van der Waals surface area (Å²) >= 11 is 0. The number of rotatable bonds is 4. The molecule has 1 heterocycles. The minimum absolute atomic E-state index is 0.126. The Morgan fingerprint density at radius 3 is 3.05 bits per heavy atom. The summed E-state index contributed by atoms with van der Waals surface area (Å²) in [5.74, 6) is -0.666. The molecule has 0 spiro atoms. The van der Waals surface area contributed by atoms with Gasteiger partial charge in [-0.05, 0) is 43.9 Å². The minimum Gasteiger partial charge on any atom is -0.398 e. The predicted octanol–water partition coefficient (Wildman–Crippen LogP) is 1.79. The molecule has 104 valence electrons. The summed E-state index contributed by atoms with van der Waals surface area (Å²) in [6.45, 7) is 0.797. The first kappa shape index (κ1) is 13.8. The topological polar surface area (TPSA) is 66.6 Å². The highest BCUT2D eigenvalue weighted by Gasteiger charge is 2.29. The molecule has 1 saturated heterocycles. The number of carbonyl (C=O) groups excluding carboxylic acids is 1. The molecule has 3 N–H and O–H groups in total. The Kier molecular flexibility index (Phi) is 4.37. The molecule has 1 unspecified atom stereocenters. The lowest BCUT2D eigenvalue weighted by atomic mass is 10.1. The van der Waals surface area contributed by atoms with Crippen molar-refractivity contribution in [1.82, 2.24) is 4.90 Å². The van der Waals surface area contributed by atoms with Gasteiger partial charge in [-0.15, -0.1) is 0 Å². The molecule has 5 heteroatoms. The fraction of sp³-hybridized carbons (Fsp3) is 0.500. The maximum Gasteiger partial charge on any atom is 0.256 e. The van der Waals surface area contributed by atoms with E-state index in [1.165, 1.54) is 18.2 Å². The Labute approximate surface area is 112 Å². The molecule has 0 bridgehead atoms. The van der Waals surface area contributed by atoms with Crippen molar-refractivity contribution in [2.75, 3.05) is 18.9 Å². The lowest BCUT2D eigenvalue weighted by molar-refractivity contribution is 0.0725. The van der Waals surface area contributed by atoms with E-state index in [0.29, 0.717) is 18.7 Å². The second-order valence-electron chi connectivity index (χ2n) is 4.89. The van der Waals surface area contributed by atoms with Crippen LogP contribution in [-0.2, 0) is 0 Å². The number of carbonyl (C=O) groups is 1. The van der Waals surface area contributed by atoms with E-state index in [-0.39, 0.29) is 24.1 Å². The van der Waals surface area contributed by atoms with Gasteiger partial charge >= 0.3 is 0 Å². The Hall–Kier alpha value is -1.62. The van der Waals surface area contributed by atoms with Crippen molar-refractivity contribution in [2.45, 2.75) is 31.7 Å². The molecular formula is C14H19FN2O2. The Bertz CT molecular complexity index is 465. The molecule has 1 aliphatic heterocycles. The van der Waals surface area contributed by atoms with Gasteiger partial charge in [0, 0.05) is 24.9 Å². The second-order valence-corrected chi connectivity index (χ2v) is 4.89. The first-order valence-corrected chi connectivity index (χ1v) is 6.60. The van der Waals surface area contributed by atoms with Crippen molar-refractivity contribution < 1.29 is 14.3 Å². The number of aliphatic hydroxyl groups excluding tert-OH is 1. The molecule has 1 aromatic rings. The summed E-state index contributed by atoms with van der Waals surface area (Å²) in [7, 11) is 0. The zero-order valence-corrected chi connectivity index (χ0v) is 10.8. The fourth-order valence-electron chi connectivity index (χ4n) is 2.60. The standard InChI is InChI=1S/C14H19FN2O2/c15-10-5-6-13(16)12(9-10)14(19)17-7-1-3-11(17)4-2-8-18/h5-6,9,11,18H,1-4,7-8,16H2. The fourth-order valence-corrected chi connectivity index (χ4v) is 2.60. The molecule has 1 amide bonds. The van der Waals surface area contributed by atoms with Crippen molar-refractivity contribution in [2.24, 2.45) is 0 Å². The van der Waals surface area contributed by atoms with Crippen LogP contribution < -0.4 is 5.73 Å². The number of nitrogens with two attached hydrogens (primary N) is 1. The van der Waals surface area contributed by atoms with Crippen LogP contribution in [0.25, 0.3) is 0 Å². The van der Waals surface area contributed by atoms with E-state index in [1.807, 2.05) is 0 Å². The van der Waals surface area contributed by atoms with Crippen LogP contribution in [0, 0.1) is 5.82 Å². The van der Waals surface area contributed by atoms with Gasteiger partial charge in [0.25, 0.3) is 5.91 Å². The van der Waals surface area contributed by atoms with Crippen LogP contribution in [-0.4, -0.2) is 35.1 Å². The van der Waals surface area contributed by atoms with Gasteiger partial charge in [-0.2, -0.15) is 0 Å². The summed E-state index contributed by atoms with van der Waals surface area (Å²) in [6, 6.07) is 3.99. The number of anilines is 1. The Morgan fingerprint density at radius 1 is 1.53 bits per heavy atom. The summed E-state index contributed by atoms with van der Waals surface area (Å²) in [5.41, 5.74) is 6.29. The first-order valence-electron chi connectivity index (χ1n) is 6.60. The average molecular weight is 266 g/mol. The number of halogens is 1. The quantitative estimate of drug-likeness (QED) is 0.816. The number of likely N-dealkylation sites (tertiary alicyclic amines) is 1. The van der Waals surface area contributed by atoms with Crippen molar-refractivity contribution in [3.8, 4) is 0 Å². The number of benzene rings is 1. The van der Waals surface area contributed by atoms with Gasteiger partial charge in [0.05, 0.1) is 5.56 Å². The maximum absolute atomic E-state index is 13.2. The zero-order chi connectivity index (χ0) is 13.8. The lowest BCUT2D eigenvalue weighted by Crippen LogP contribution is -2.36. The lowest BCUT2D eigenvalue weighted by Gasteiger charge is -2.25. The number of aliphatic hydroxyl groups is 1. The van der Waals surface area contributed by atoms with E-state index in [0.717, 1.165) is 19.3 Å². The third-order valence-electron chi connectivity index (χ3n) is 3.58. The van der Waals surface area contributed by atoms with E-state index in [1.54, 1.807) is 4.90 Å². The van der Waals surface area contributed by atoms with Crippen LogP contribution in [0.2, 0.25) is 0 Å². The van der Waals surface area contributed by atoms with Gasteiger partial charge < -0.3 is 15.7 Å². The largest absolute Gasteiger partial charge is 0.398 e.